The Labute approximate surface area is 83.1 Å². The molecule has 0 unspecified atom stereocenters. The summed E-state index contributed by atoms with van der Waals surface area (Å²) in [6.07, 6.45) is 3.73. The first-order valence-corrected chi connectivity index (χ1v) is 4.89. The van der Waals surface area contributed by atoms with Gasteiger partial charge in [-0.05, 0) is 19.4 Å². The van der Waals surface area contributed by atoms with Gasteiger partial charge in [-0.2, -0.15) is 5.26 Å². The Morgan fingerprint density at radius 3 is 3.36 bits per heavy atom. The van der Waals surface area contributed by atoms with Gasteiger partial charge in [0.15, 0.2) is 0 Å². The lowest BCUT2D eigenvalue weighted by molar-refractivity contribution is 0.187. The van der Waals surface area contributed by atoms with E-state index in [0.29, 0.717) is 0 Å². The van der Waals surface area contributed by atoms with Crippen LogP contribution in [0.3, 0.4) is 0 Å². The van der Waals surface area contributed by atoms with Crippen LogP contribution in [0.15, 0.2) is 16.9 Å². The summed E-state index contributed by atoms with van der Waals surface area (Å²) in [7, 11) is 0. The molecule has 74 valence electrons. The fourth-order valence-electron chi connectivity index (χ4n) is 1.85. The van der Waals surface area contributed by atoms with Crippen LogP contribution < -0.4 is 0 Å². The first-order valence-electron chi connectivity index (χ1n) is 4.89. The van der Waals surface area contributed by atoms with Crippen molar-refractivity contribution in [3.63, 3.8) is 0 Å². The van der Waals surface area contributed by atoms with Crippen molar-refractivity contribution < 1.29 is 4.52 Å². The topological polar surface area (TPSA) is 53.1 Å². The molecule has 0 N–H and O–H groups in total. The number of piperidine rings is 1. The molecular formula is C10H13N3O. The Balaban J connectivity index is 1.90. The van der Waals surface area contributed by atoms with Gasteiger partial charge in [-0.1, -0.05) is 5.16 Å². The van der Waals surface area contributed by atoms with Crippen molar-refractivity contribution in [3.05, 3.63) is 18.0 Å². The molecule has 0 aromatic carbocycles. The van der Waals surface area contributed by atoms with Crippen molar-refractivity contribution in [1.29, 1.82) is 5.26 Å². The molecule has 0 aliphatic carbocycles. The summed E-state index contributed by atoms with van der Waals surface area (Å²) in [5.74, 6) is 0.190. The highest BCUT2D eigenvalue weighted by molar-refractivity contribution is 4.97. The largest absolute Gasteiger partial charge is 0.364 e. The maximum atomic E-state index is 8.82. The van der Waals surface area contributed by atoms with E-state index in [0.717, 1.165) is 38.2 Å². The van der Waals surface area contributed by atoms with E-state index in [1.165, 1.54) is 0 Å². The highest BCUT2D eigenvalue weighted by atomic mass is 16.5. The van der Waals surface area contributed by atoms with Crippen molar-refractivity contribution in [1.82, 2.24) is 10.1 Å². The molecule has 4 nitrogen and oxygen atoms in total. The predicted molar refractivity (Wildman–Crippen MR) is 50.1 cm³/mol. The van der Waals surface area contributed by atoms with E-state index in [9.17, 15) is 0 Å². The van der Waals surface area contributed by atoms with Gasteiger partial charge >= 0.3 is 0 Å². The Morgan fingerprint density at radius 1 is 1.71 bits per heavy atom. The Morgan fingerprint density at radius 2 is 2.64 bits per heavy atom. The number of hydrogen-bond acceptors (Lipinski definition) is 4. The van der Waals surface area contributed by atoms with Crippen LogP contribution in [0, 0.1) is 17.2 Å². The summed E-state index contributed by atoms with van der Waals surface area (Å²) in [5, 5.41) is 12.7. The second-order valence-corrected chi connectivity index (χ2v) is 3.69. The molecule has 1 aromatic rings. The highest BCUT2D eigenvalue weighted by Gasteiger charge is 2.19. The van der Waals surface area contributed by atoms with E-state index in [-0.39, 0.29) is 5.92 Å². The van der Waals surface area contributed by atoms with Gasteiger partial charge in [-0.25, -0.2) is 0 Å². The maximum Gasteiger partial charge on any atom is 0.124 e. The second-order valence-electron chi connectivity index (χ2n) is 3.69. The summed E-state index contributed by atoms with van der Waals surface area (Å²) < 4.78 is 4.77. The van der Waals surface area contributed by atoms with Crippen LogP contribution in [0.2, 0.25) is 0 Å². The molecule has 0 amide bonds. The lowest BCUT2D eigenvalue weighted by atomic mass is 10.00. The average Bonchev–Trinajstić information content (AvgIpc) is 2.71. The number of hydrogen-bond donors (Lipinski definition) is 0. The fraction of sp³-hybridized carbons (Fsp3) is 0.600. The first kappa shape index (κ1) is 9.22. The van der Waals surface area contributed by atoms with Crippen molar-refractivity contribution in [3.8, 4) is 6.07 Å². The standard InChI is InChI=1S/C10H13N3O/c11-6-9-2-1-4-13(7-9)8-10-3-5-14-12-10/h3,5,9H,1-2,4,7-8H2/t9-/m1/s1. The zero-order valence-corrected chi connectivity index (χ0v) is 8.02. The lowest BCUT2D eigenvalue weighted by Gasteiger charge is -2.28. The summed E-state index contributed by atoms with van der Waals surface area (Å²) in [6, 6.07) is 4.20. The minimum Gasteiger partial charge on any atom is -0.364 e. The summed E-state index contributed by atoms with van der Waals surface area (Å²) in [4.78, 5) is 2.26. The van der Waals surface area contributed by atoms with Gasteiger partial charge in [0.05, 0.1) is 17.7 Å². The fourth-order valence-corrected chi connectivity index (χ4v) is 1.85. The van der Waals surface area contributed by atoms with E-state index in [1.54, 1.807) is 6.26 Å². The van der Waals surface area contributed by atoms with E-state index < -0.39 is 0 Å². The van der Waals surface area contributed by atoms with Crippen LogP contribution in [0.25, 0.3) is 0 Å². The number of aromatic nitrogens is 1. The summed E-state index contributed by atoms with van der Waals surface area (Å²) >= 11 is 0. The maximum absolute atomic E-state index is 8.82. The molecule has 1 aliphatic rings. The highest BCUT2D eigenvalue weighted by Crippen LogP contribution is 2.17. The lowest BCUT2D eigenvalue weighted by Crippen LogP contribution is -2.34. The molecule has 14 heavy (non-hydrogen) atoms. The molecule has 0 bridgehead atoms. The molecule has 2 heterocycles. The normalized spacial score (nSPS) is 23.2. The number of nitrogens with zero attached hydrogens (tertiary/aromatic N) is 3. The average molecular weight is 191 g/mol. The van der Waals surface area contributed by atoms with Gasteiger partial charge in [-0.3, -0.25) is 4.90 Å². The molecule has 0 radical (unpaired) electrons. The van der Waals surface area contributed by atoms with Crippen molar-refractivity contribution in [2.75, 3.05) is 13.1 Å². The van der Waals surface area contributed by atoms with Crippen LogP contribution in [0.1, 0.15) is 18.5 Å². The van der Waals surface area contributed by atoms with E-state index in [4.69, 9.17) is 9.78 Å². The Bertz CT molecular complexity index is 315. The van der Waals surface area contributed by atoms with Crippen molar-refractivity contribution in [2.45, 2.75) is 19.4 Å². The van der Waals surface area contributed by atoms with Crippen LogP contribution >= 0.6 is 0 Å². The monoisotopic (exact) mass is 191 g/mol. The molecule has 4 heteroatoms. The van der Waals surface area contributed by atoms with Gasteiger partial charge in [0.25, 0.3) is 0 Å². The zero-order valence-electron chi connectivity index (χ0n) is 8.02. The van der Waals surface area contributed by atoms with Crippen molar-refractivity contribution >= 4 is 0 Å². The minimum absolute atomic E-state index is 0.190. The van der Waals surface area contributed by atoms with Gasteiger partial charge in [-0.15, -0.1) is 0 Å². The third-order valence-electron chi connectivity index (χ3n) is 2.56. The number of rotatable bonds is 2. The van der Waals surface area contributed by atoms with Crippen LogP contribution in [-0.4, -0.2) is 23.1 Å². The van der Waals surface area contributed by atoms with Crippen molar-refractivity contribution in [2.24, 2.45) is 5.92 Å². The van der Waals surface area contributed by atoms with Crippen LogP contribution in [0.5, 0.6) is 0 Å². The van der Waals surface area contributed by atoms with E-state index >= 15 is 0 Å². The zero-order chi connectivity index (χ0) is 9.80. The molecule has 1 aromatic heterocycles. The third kappa shape index (κ3) is 2.12. The van der Waals surface area contributed by atoms with E-state index in [2.05, 4.69) is 16.1 Å². The summed E-state index contributed by atoms with van der Waals surface area (Å²) in [5.41, 5.74) is 0.948. The molecule has 0 spiro atoms. The van der Waals surface area contributed by atoms with Crippen LogP contribution in [-0.2, 0) is 6.54 Å². The van der Waals surface area contributed by atoms with Gasteiger partial charge < -0.3 is 4.52 Å². The molecular weight excluding hydrogens is 178 g/mol. The molecule has 2 rings (SSSR count). The SMILES string of the molecule is N#C[C@H]1CCCN(Cc2ccon2)C1. The van der Waals surface area contributed by atoms with Gasteiger partial charge in [0.1, 0.15) is 6.26 Å². The smallest absolute Gasteiger partial charge is 0.124 e. The molecule has 1 saturated heterocycles. The Hall–Kier alpha value is -1.34. The number of nitriles is 1. The summed E-state index contributed by atoms with van der Waals surface area (Å²) in [6.45, 7) is 2.73. The van der Waals surface area contributed by atoms with E-state index in [1.807, 2.05) is 6.07 Å². The quantitative estimate of drug-likeness (QED) is 0.709. The molecule has 0 saturated carbocycles. The second kappa shape index (κ2) is 4.25. The predicted octanol–water partition coefficient (Wildman–Crippen LogP) is 1.41. The Kier molecular flexibility index (Phi) is 2.80. The van der Waals surface area contributed by atoms with Gasteiger partial charge in [0, 0.05) is 19.2 Å². The molecule has 1 aliphatic heterocycles. The molecule has 1 fully saturated rings. The van der Waals surface area contributed by atoms with Gasteiger partial charge in [0.2, 0.25) is 0 Å². The van der Waals surface area contributed by atoms with Crippen LogP contribution in [0.4, 0.5) is 0 Å². The molecule has 1 atom stereocenters. The number of likely N-dealkylation sites (tertiary alicyclic amines) is 1. The minimum atomic E-state index is 0.190. The third-order valence-corrected chi connectivity index (χ3v) is 2.56. The first-order chi connectivity index (χ1) is 6.88.